The molecule has 0 fully saturated rings. The second-order valence-electron chi connectivity index (χ2n) is 4.48. The number of rotatable bonds is 5. The van der Waals surface area contributed by atoms with Gasteiger partial charge in [0.05, 0.1) is 6.54 Å². The van der Waals surface area contributed by atoms with Crippen LogP contribution in [-0.2, 0) is 4.79 Å². The molecule has 0 aliphatic carbocycles. The van der Waals surface area contributed by atoms with E-state index in [1.165, 1.54) is 5.56 Å². The highest BCUT2D eigenvalue weighted by Gasteiger charge is 2.10. The summed E-state index contributed by atoms with van der Waals surface area (Å²) in [6.45, 7) is 7.51. The van der Waals surface area contributed by atoms with Crippen LogP contribution in [0.1, 0.15) is 32.3 Å². The molecule has 0 heterocycles. The van der Waals surface area contributed by atoms with Gasteiger partial charge in [-0.25, -0.2) is 0 Å². The topological polar surface area (TPSA) is 32.3 Å². The number of carbonyl (C=O) groups excluding carboxylic acids is 1. The zero-order chi connectivity index (χ0) is 12.8. The Morgan fingerprint density at radius 2 is 1.88 bits per heavy atom. The quantitative estimate of drug-likeness (QED) is 0.848. The minimum Gasteiger partial charge on any atom is -0.314 e. The highest BCUT2D eigenvalue weighted by atomic mass is 16.2. The lowest BCUT2D eigenvalue weighted by atomic mass is 10.0. The van der Waals surface area contributed by atoms with E-state index in [-0.39, 0.29) is 5.91 Å². The number of carbonyl (C=O) groups is 1. The van der Waals surface area contributed by atoms with Gasteiger partial charge in [-0.2, -0.15) is 0 Å². The van der Waals surface area contributed by atoms with Gasteiger partial charge in [-0.05, 0) is 30.2 Å². The molecule has 0 spiro atoms. The molecule has 1 N–H and O–H groups in total. The fraction of sp³-hybridized carbons (Fsp3) is 0.500. The third-order valence-electron chi connectivity index (χ3n) is 2.85. The van der Waals surface area contributed by atoms with Crippen LogP contribution in [0.4, 0.5) is 5.69 Å². The minimum absolute atomic E-state index is 0.0872. The van der Waals surface area contributed by atoms with Crippen molar-refractivity contribution in [3.05, 3.63) is 29.8 Å². The van der Waals surface area contributed by atoms with Gasteiger partial charge in [0, 0.05) is 12.7 Å². The molecule has 0 saturated heterocycles. The standard InChI is InChI=1S/C14H22N2O/c1-5-15-10-14(17)16(4)13-8-6-12(7-9-13)11(2)3/h6-9,11,15H,5,10H2,1-4H3. The number of hydrogen-bond donors (Lipinski definition) is 1. The van der Waals surface area contributed by atoms with E-state index in [0.717, 1.165) is 12.2 Å². The van der Waals surface area contributed by atoms with Crippen LogP contribution in [0.15, 0.2) is 24.3 Å². The highest BCUT2D eigenvalue weighted by molar-refractivity contribution is 5.94. The number of amides is 1. The predicted octanol–water partition coefficient (Wildman–Crippen LogP) is 2.38. The molecule has 3 nitrogen and oxygen atoms in total. The van der Waals surface area contributed by atoms with E-state index in [1.54, 1.807) is 4.90 Å². The van der Waals surface area contributed by atoms with E-state index in [2.05, 4.69) is 31.3 Å². The van der Waals surface area contributed by atoms with E-state index in [9.17, 15) is 4.79 Å². The molecule has 0 aromatic heterocycles. The summed E-state index contributed by atoms with van der Waals surface area (Å²) in [6.07, 6.45) is 0. The van der Waals surface area contributed by atoms with Crippen LogP contribution in [0.25, 0.3) is 0 Å². The third kappa shape index (κ3) is 3.86. The van der Waals surface area contributed by atoms with Gasteiger partial charge in [0.2, 0.25) is 5.91 Å². The Hall–Kier alpha value is -1.35. The van der Waals surface area contributed by atoms with Crippen LogP contribution in [0, 0.1) is 0 Å². The fourth-order valence-corrected chi connectivity index (χ4v) is 1.58. The van der Waals surface area contributed by atoms with Gasteiger partial charge in [-0.3, -0.25) is 4.79 Å². The van der Waals surface area contributed by atoms with E-state index in [0.29, 0.717) is 12.5 Å². The van der Waals surface area contributed by atoms with Crippen LogP contribution >= 0.6 is 0 Å². The first-order chi connectivity index (χ1) is 8.06. The summed E-state index contributed by atoms with van der Waals surface area (Å²) in [7, 11) is 1.81. The Balaban J connectivity index is 2.69. The molecule has 0 aliphatic rings. The lowest BCUT2D eigenvalue weighted by molar-refractivity contribution is -0.117. The van der Waals surface area contributed by atoms with Gasteiger partial charge in [-0.15, -0.1) is 0 Å². The molecule has 0 aliphatic heterocycles. The summed E-state index contributed by atoms with van der Waals surface area (Å²) >= 11 is 0. The van der Waals surface area contributed by atoms with Gasteiger partial charge >= 0.3 is 0 Å². The number of hydrogen-bond acceptors (Lipinski definition) is 2. The summed E-state index contributed by atoms with van der Waals surface area (Å²) in [6, 6.07) is 8.16. The van der Waals surface area contributed by atoms with Crippen LogP contribution < -0.4 is 10.2 Å². The summed E-state index contributed by atoms with van der Waals surface area (Å²) < 4.78 is 0. The fourth-order valence-electron chi connectivity index (χ4n) is 1.58. The van der Waals surface area contributed by atoms with Crippen LogP contribution in [0.2, 0.25) is 0 Å². The molecule has 3 heteroatoms. The van der Waals surface area contributed by atoms with E-state index in [1.807, 2.05) is 26.1 Å². The van der Waals surface area contributed by atoms with Gasteiger partial charge < -0.3 is 10.2 Å². The lowest BCUT2D eigenvalue weighted by Gasteiger charge is -2.18. The average molecular weight is 234 g/mol. The Kier molecular flexibility index (Phi) is 5.16. The van der Waals surface area contributed by atoms with Crippen molar-refractivity contribution in [2.75, 3.05) is 25.0 Å². The largest absolute Gasteiger partial charge is 0.314 e. The minimum atomic E-state index is 0.0872. The second-order valence-corrected chi connectivity index (χ2v) is 4.48. The molecular weight excluding hydrogens is 212 g/mol. The van der Waals surface area contributed by atoms with Gasteiger partial charge in [0.15, 0.2) is 0 Å². The maximum absolute atomic E-state index is 11.8. The molecule has 1 aromatic carbocycles. The van der Waals surface area contributed by atoms with E-state index >= 15 is 0 Å². The average Bonchev–Trinajstić information content (AvgIpc) is 2.35. The molecule has 0 saturated carbocycles. The molecule has 1 aromatic rings. The third-order valence-corrected chi connectivity index (χ3v) is 2.85. The number of anilines is 1. The first kappa shape index (κ1) is 13.7. The van der Waals surface area contributed by atoms with Crippen molar-refractivity contribution in [2.24, 2.45) is 0 Å². The van der Waals surface area contributed by atoms with Crippen molar-refractivity contribution in [3.8, 4) is 0 Å². The number of benzene rings is 1. The van der Waals surface area contributed by atoms with Crippen LogP contribution in [0.5, 0.6) is 0 Å². The number of nitrogens with one attached hydrogen (secondary N) is 1. The zero-order valence-electron chi connectivity index (χ0n) is 11.2. The highest BCUT2D eigenvalue weighted by Crippen LogP contribution is 2.19. The summed E-state index contributed by atoms with van der Waals surface area (Å²) in [5.74, 6) is 0.607. The Morgan fingerprint density at radius 3 is 2.35 bits per heavy atom. The second kappa shape index (κ2) is 6.40. The molecule has 94 valence electrons. The van der Waals surface area contributed by atoms with Gasteiger partial charge in [0.25, 0.3) is 0 Å². The maximum Gasteiger partial charge on any atom is 0.240 e. The SMILES string of the molecule is CCNCC(=O)N(C)c1ccc(C(C)C)cc1. The van der Waals surface area contributed by atoms with Crippen molar-refractivity contribution in [1.29, 1.82) is 0 Å². The van der Waals surface area contributed by atoms with E-state index in [4.69, 9.17) is 0 Å². The number of nitrogens with zero attached hydrogens (tertiary/aromatic N) is 1. The monoisotopic (exact) mass is 234 g/mol. The van der Waals surface area contributed by atoms with Crippen molar-refractivity contribution in [3.63, 3.8) is 0 Å². The van der Waals surface area contributed by atoms with Crippen molar-refractivity contribution in [2.45, 2.75) is 26.7 Å². The molecule has 1 rings (SSSR count). The van der Waals surface area contributed by atoms with Crippen molar-refractivity contribution in [1.82, 2.24) is 5.32 Å². The smallest absolute Gasteiger partial charge is 0.240 e. The van der Waals surface area contributed by atoms with Crippen LogP contribution in [0.3, 0.4) is 0 Å². The molecule has 1 amide bonds. The van der Waals surface area contributed by atoms with Crippen LogP contribution in [-0.4, -0.2) is 26.0 Å². The van der Waals surface area contributed by atoms with Gasteiger partial charge in [-0.1, -0.05) is 32.9 Å². The predicted molar refractivity (Wildman–Crippen MR) is 72.5 cm³/mol. The molecular formula is C14H22N2O. The van der Waals surface area contributed by atoms with Gasteiger partial charge in [0.1, 0.15) is 0 Å². The summed E-state index contributed by atoms with van der Waals surface area (Å²) in [5.41, 5.74) is 2.23. The first-order valence-corrected chi connectivity index (χ1v) is 6.13. The summed E-state index contributed by atoms with van der Waals surface area (Å²) in [4.78, 5) is 13.5. The maximum atomic E-state index is 11.8. The molecule has 0 unspecified atom stereocenters. The zero-order valence-corrected chi connectivity index (χ0v) is 11.2. The molecule has 0 bridgehead atoms. The molecule has 0 atom stereocenters. The molecule has 0 radical (unpaired) electrons. The first-order valence-electron chi connectivity index (χ1n) is 6.13. The summed E-state index contributed by atoms with van der Waals surface area (Å²) in [5, 5.41) is 3.04. The lowest BCUT2D eigenvalue weighted by Crippen LogP contribution is -2.35. The normalized spacial score (nSPS) is 10.6. The van der Waals surface area contributed by atoms with Crippen molar-refractivity contribution < 1.29 is 4.79 Å². The Labute approximate surface area is 104 Å². The van der Waals surface area contributed by atoms with Crippen molar-refractivity contribution >= 4 is 11.6 Å². The van der Waals surface area contributed by atoms with E-state index < -0.39 is 0 Å². The molecule has 17 heavy (non-hydrogen) atoms. The Morgan fingerprint density at radius 1 is 1.29 bits per heavy atom. The Bertz CT molecular complexity index is 357. The number of likely N-dealkylation sites (N-methyl/N-ethyl adjacent to an activating group) is 2.